The highest BCUT2D eigenvalue weighted by Gasteiger charge is 2.38. The third kappa shape index (κ3) is 6.00. The summed E-state index contributed by atoms with van der Waals surface area (Å²) in [5.41, 5.74) is 3.13. The van der Waals surface area contributed by atoms with Crippen molar-refractivity contribution >= 4 is 28.6 Å². The lowest BCUT2D eigenvalue weighted by molar-refractivity contribution is -0.167. The maximum atomic E-state index is 12.7. The van der Waals surface area contributed by atoms with Crippen molar-refractivity contribution in [3.63, 3.8) is 0 Å². The first kappa shape index (κ1) is 27.1. The van der Waals surface area contributed by atoms with Gasteiger partial charge in [-0.15, -0.1) is 5.10 Å². The molecule has 1 N–H and O–H groups in total. The zero-order valence-electron chi connectivity index (χ0n) is 22.2. The van der Waals surface area contributed by atoms with Gasteiger partial charge in [-0.05, 0) is 42.7 Å². The molecule has 2 aromatic carbocycles. The number of amides is 1. The number of nitrogens with zero attached hydrogens (tertiary/aromatic N) is 7. The summed E-state index contributed by atoms with van der Waals surface area (Å²) < 4.78 is 45.4. The standard InChI is InChI=1S/C28H29F3N8O2/c29-28(30,31)27(40)32-21-8-6-20(7-9-21)24-33-25(38-14-16-41-17-15-38)23-26(34-24)39(36-35-23)22-10-12-37(13-11-22)18-19-4-2-1-3-5-19/h1-9,22H,10-18H2,(H,32,40). The Kier molecular flexibility index (Phi) is 7.54. The van der Waals surface area contributed by atoms with Crippen LogP contribution in [-0.2, 0) is 16.1 Å². The van der Waals surface area contributed by atoms with Crippen LogP contribution in [0, 0.1) is 0 Å². The van der Waals surface area contributed by atoms with Gasteiger partial charge in [0.2, 0.25) is 0 Å². The molecule has 2 aliphatic rings. The highest BCUT2D eigenvalue weighted by molar-refractivity contribution is 5.95. The Morgan fingerprint density at radius 2 is 1.66 bits per heavy atom. The molecule has 41 heavy (non-hydrogen) atoms. The topological polar surface area (TPSA) is 101 Å². The molecule has 4 heterocycles. The zero-order valence-corrected chi connectivity index (χ0v) is 22.2. The molecule has 2 fully saturated rings. The van der Waals surface area contributed by atoms with E-state index in [4.69, 9.17) is 14.7 Å². The van der Waals surface area contributed by atoms with Gasteiger partial charge in [-0.25, -0.2) is 14.6 Å². The van der Waals surface area contributed by atoms with Crippen molar-refractivity contribution < 1.29 is 22.7 Å². The Morgan fingerprint density at radius 1 is 0.951 bits per heavy atom. The normalized spacial score (nSPS) is 17.2. The fourth-order valence-corrected chi connectivity index (χ4v) is 5.25. The highest BCUT2D eigenvalue weighted by Crippen LogP contribution is 2.31. The van der Waals surface area contributed by atoms with Gasteiger partial charge in [-0.3, -0.25) is 9.69 Å². The van der Waals surface area contributed by atoms with Gasteiger partial charge in [0.1, 0.15) is 0 Å². The van der Waals surface area contributed by atoms with Crippen LogP contribution in [0.1, 0.15) is 24.4 Å². The number of hydrogen-bond acceptors (Lipinski definition) is 8. The second kappa shape index (κ2) is 11.4. The molecule has 214 valence electrons. The van der Waals surface area contributed by atoms with Gasteiger partial charge in [0.05, 0.1) is 19.3 Å². The number of aromatic nitrogens is 5. The second-order valence-corrected chi connectivity index (χ2v) is 10.2. The lowest BCUT2D eigenvalue weighted by atomic mass is 10.0. The molecule has 0 unspecified atom stereocenters. The summed E-state index contributed by atoms with van der Waals surface area (Å²) in [5.74, 6) is -0.976. The van der Waals surface area contributed by atoms with Crippen molar-refractivity contribution in [2.75, 3.05) is 49.6 Å². The van der Waals surface area contributed by atoms with Crippen molar-refractivity contribution in [1.82, 2.24) is 29.9 Å². The fraction of sp³-hybridized carbons (Fsp3) is 0.393. The molecule has 10 nitrogen and oxygen atoms in total. The number of morpholine rings is 1. The lowest BCUT2D eigenvalue weighted by Crippen LogP contribution is -2.37. The lowest BCUT2D eigenvalue weighted by Gasteiger charge is -2.32. The minimum absolute atomic E-state index is 0.0273. The molecule has 2 aromatic heterocycles. The first-order chi connectivity index (χ1) is 19.8. The summed E-state index contributed by atoms with van der Waals surface area (Å²) >= 11 is 0. The number of fused-ring (bicyclic) bond motifs is 1. The maximum absolute atomic E-state index is 12.7. The monoisotopic (exact) mass is 566 g/mol. The minimum atomic E-state index is -4.97. The first-order valence-corrected chi connectivity index (χ1v) is 13.6. The van der Waals surface area contributed by atoms with E-state index in [1.54, 1.807) is 12.1 Å². The van der Waals surface area contributed by atoms with Crippen LogP contribution in [0.2, 0.25) is 0 Å². The largest absolute Gasteiger partial charge is 0.471 e. The maximum Gasteiger partial charge on any atom is 0.471 e. The van der Waals surface area contributed by atoms with E-state index in [0.29, 0.717) is 54.7 Å². The minimum Gasteiger partial charge on any atom is -0.378 e. The molecule has 0 spiro atoms. The molecule has 0 atom stereocenters. The van der Waals surface area contributed by atoms with Crippen LogP contribution in [0.15, 0.2) is 54.6 Å². The van der Waals surface area contributed by atoms with E-state index in [2.05, 4.69) is 44.4 Å². The number of piperidine rings is 1. The van der Waals surface area contributed by atoms with Crippen molar-refractivity contribution in [3.05, 3.63) is 60.2 Å². The van der Waals surface area contributed by atoms with E-state index in [9.17, 15) is 18.0 Å². The SMILES string of the molecule is O=C(Nc1ccc(-c2nc(N3CCOCC3)c3nnn(C4CCN(Cc5ccccc5)CC4)c3n2)cc1)C(F)(F)F. The highest BCUT2D eigenvalue weighted by atomic mass is 19.4. The average Bonchev–Trinajstić information content (AvgIpc) is 3.42. The molecule has 13 heteroatoms. The molecule has 0 bridgehead atoms. The van der Waals surface area contributed by atoms with Crippen LogP contribution in [0.25, 0.3) is 22.6 Å². The van der Waals surface area contributed by atoms with E-state index < -0.39 is 12.1 Å². The Hall–Kier alpha value is -4.10. The van der Waals surface area contributed by atoms with Crippen LogP contribution in [0.3, 0.4) is 0 Å². The molecule has 2 aliphatic heterocycles. The fourth-order valence-electron chi connectivity index (χ4n) is 5.25. The Balaban J connectivity index is 1.28. The number of alkyl halides is 3. The summed E-state index contributed by atoms with van der Waals surface area (Å²) in [6, 6.07) is 16.5. The average molecular weight is 567 g/mol. The number of anilines is 2. The van der Waals surface area contributed by atoms with Crippen molar-refractivity contribution in [2.45, 2.75) is 31.6 Å². The molecule has 4 aromatic rings. The molecule has 1 amide bonds. The number of carbonyl (C=O) groups is 1. The third-order valence-corrected chi connectivity index (χ3v) is 7.43. The molecule has 6 rings (SSSR count). The van der Waals surface area contributed by atoms with E-state index >= 15 is 0 Å². The summed E-state index contributed by atoms with van der Waals surface area (Å²) in [7, 11) is 0. The van der Waals surface area contributed by atoms with E-state index in [0.717, 1.165) is 32.5 Å². The zero-order chi connectivity index (χ0) is 28.4. The van der Waals surface area contributed by atoms with E-state index in [1.165, 1.54) is 17.7 Å². The van der Waals surface area contributed by atoms with Crippen LogP contribution in [0.5, 0.6) is 0 Å². The second-order valence-electron chi connectivity index (χ2n) is 10.2. The number of nitrogens with one attached hydrogen (secondary N) is 1. The van der Waals surface area contributed by atoms with Crippen molar-refractivity contribution in [2.24, 2.45) is 0 Å². The Morgan fingerprint density at radius 3 is 2.34 bits per heavy atom. The molecule has 0 aliphatic carbocycles. The Labute approximate surface area is 234 Å². The quantitative estimate of drug-likeness (QED) is 0.373. The van der Waals surface area contributed by atoms with Gasteiger partial charge in [-0.2, -0.15) is 13.2 Å². The summed E-state index contributed by atoms with van der Waals surface area (Å²) in [4.78, 5) is 25.5. The predicted molar refractivity (Wildman–Crippen MR) is 146 cm³/mol. The summed E-state index contributed by atoms with van der Waals surface area (Å²) in [6.45, 7) is 5.13. The van der Waals surface area contributed by atoms with Gasteiger partial charge in [0, 0.05) is 44.0 Å². The molecule has 0 radical (unpaired) electrons. The molecule has 0 saturated carbocycles. The number of rotatable bonds is 6. The first-order valence-electron chi connectivity index (χ1n) is 13.6. The molecule has 2 saturated heterocycles. The number of likely N-dealkylation sites (tertiary alicyclic amines) is 1. The Bertz CT molecular complexity index is 1500. The number of ether oxygens (including phenoxy) is 1. The summed E-state index contributed by atoms with van der Waals surface area (Å²) in [5, 5.41) is 10.9. The van der Waals surface area contributed by atoms with Crippen LogP contribution in [0.4, 0.5) is 24.7 Å². The van der Waals surface area contributed by atoms with E-state index in [-0.39, 0.29) is 11.7 Å². The van der Waals surface area contributed by atoms with Gasteiger partial charge in [-0.1, -0.05) is 35.5 Å². The molecular formula is C28H29F3N8O2. The van der Waals surface area contributed by atoms with Crippen LogP contribution < -0.4 is 10.2 Å². The van der Waals surface area contributed by atoms with Gasteiger partial charge in [0.25, 0.3) is 0 Å². The summed E-state index contributed by atoms with van der Waals surface area (Å²) in [6.07, 6.45) is -3.18. The van der Waals surface area contributed by atoms with Crippen LogP contribution >= 0.6 is 0 Å². The van der Waals surface area contributed by atoms with Crippen LogP contribution in [-0.4, -0.2) is 81.3 Å². The number of hydrogen-bond donors (Lipinski definition) is 1. The predicted octanol–water partition coefficient (Wildman–Crippen LogP) is 4.06. The third-order valence-electron chi connectivity index (χ3n) is 7.43. The smallest absolute Gasteiger partial charge is 0.378 e. The van der Waals surface area contributed by atoms with E-state index in [1.807, 2.05) is 16.1 Å². The van der Waals surface area contributed by atoms with Crippen molar-refractivity contribution in [3.8, 4) is 11.4 Å². The van der Waals surface area contributed by atoms with Crippen molar-refractivity contribution in [1.29, 1.82) is 0 Å². The van der Waals surface area contributed by atoms with Gasteiger partial charge < -0.3 is 15.0 Å². The number of carbonyl (C=O) groups excluding carboxylic acids is 1. The van der Waals surface area contributed by atoms with Gasteiger partial charge >= 0.3 is 12.1 Å². The number of benzene rings is 2. The number of halogens is 3. The molecular weight excluding hydrogens is 537 g/mol. The van der Waals surface area contributed by atoms with Gasteiger partial charge in [0.15, 0.2) is 22.8 Å².